The van der Waals surface area contributed by atoms with Crippen molar-refractivity contribution in [2.75, 3.05) is 0 Å². The monoisotopic (exact) mass is 328 g/mol. The molecule has 0 fully saturated rings. The first kappa shape index (κ1) is 15.1. The summed E-state index contributed by atoms with van der Waals surface area (Å²) in [6.45, 7) is 0. The molecule has 3 aromatic rings. The molecule has 1 aromatic heterocycles. The molecule has 1 heterocycles. The summed E-state index contributed by atoms with van der Waals surface area (Å²) in [6.07, 6.45) is 1.26. The number of hydrogen-bond acceptors (Lipinski definition) is 4. The fraction of sp³-hybridized carbons (Fsp3) is 0. The molecule has 23 heavy (non-hydrogen) atoms. The minimum absolute atomic E-state index is 0.188. The summed E-state index contributed by atoms with van der Waals surface area (Å²) < 4.78 is 13.4. The summed E-state index contributed by atoms with van der Waals surface area (Å²) in [5, 5.41) is 4.67. The van der Waals surface area contributed by atoms with Crippen molar-refractivity contribution >= 4 is 34.7 Å². The maximum absolute atomic E-state index is 13.4. The van der Waals surface area contributed by atoms with E-state index in [4.69, 9.17) is 11.6 Å². The van der Waals surface area contributed by atoms with Gasteiger partial charge in [0.1, 0.15) is 11.0 Å². The average Bonchev–Trinajstić information content (AvgIpc) is 2.55. The molecule has 6 heteroatoms. The van der Waals surface area contributed by atoms with Gasteiger partial charge in [-0.05, 0) is 24.3 Å². The van der Waals surface area contributed by atoms with Crippen LogP contribution in [0.2, 0.25) is 5.15 Å². The molecule has 0 atom stereocenters. The Morgan fingerprint density at radius 3 is 2.74 bits per heavy atom. The maximum atomic E-state index is 13.4. The molecule has 2 aromatic carbocycles. The summed E-state index contributed by atoms with van der Waals surface area (Å²) in [7, 11) is 0. The molecule has 0 aliphatic heterocycles. The Morgan fingerprint density at radius 1 is 1.17 bits per heavy atom. The van der Waals surface area contributed by atoms with Crippen molar-refractivity contribution in [3.8, 4) is 0 Å². The summed E-state index contributed by atoms with van der Waals surface area (Å²) >= 11 is 6.06. The molecule has 3 rings (SSSR count). The van der Waals surface area contributed by atoms with Crippen molar-refractivity contribution in [2.45, 2.75) is 0 Å². The maximum Gasteiger partial charge on any atom is 0.368 e. The van der Waals surface area contributed by atoms with Gasteiger partial charge in [0.05, 0.1) is 17.3 Å². The zero-order valence-electron chi connectivity index (χ0n) is 11.7. The number of oxime groups is 1. The lowest BCUT2D eigenvalue weighted by Gasteiger charge is -2.02. The molecule has 114 valence electrons. The fourth-order valence-electron chi connectivity index (χ4n) is 2.01. The quantitative estimate of drug-likeness (QED) is 0.313. The van der Waals surface area contributed by atoms with Crippen LogP contribution in [0.1, 0.15) is 15.9 Å². The third kappa shape index (κ3) is 3.35. The van der Waals surface area contributed by atoms with Gasteiger partial charge in [0.25, 0.3) is 0 Å². The third-order valence-electron chi connectivity index (χ3n) is 3.13. The lowest BCUT2D eigenvalue weighted by atomic mass is 10.2. The highest BCUT2D eigenvalue weighted by atomic mass is 35.5. The van der Waals surface area contributed by atoms with E-state index >= 15 is 0 Å². The van der Waals surface area contributed by atoms with E-state index in [1.165, 1.54) is 30.5 Å². The second kappa shape index (κ2) is 6.54. The molecule has 0 aliphatic rings. The predicted molar refractivity (Wildman–Crippen MR) is 86.2 cm³/mol. The number of fused-ring (bicyclic) bond motifs is 1. The first-order valence-corrected chi connectivity index (χ1v) is 7.07. The number of halogens is 2. The molecule has 0 saturated carbocycles. The number of rotatable bonds is 3. The van der Waals surface area contributed by atoms with Gasteiger partial charge in [0.15, 0.2) is 0 Å². The molecule has 0 unspecified atom stereocenters. The number of hydrogen-bond donors (Lipinski definition) is 0. The highest BCUT2D eigenvalue weighted by molar-refractivity contribution is 6.32. The highest BCUT2D eigenvalue weighted by Crippen LogP contribution is 2.19. The number of benzene rings is 2. The molecule has 0 bridgehead atoms. The van der Waals surface area contributed by atoms with Crippen LogP contribution in [-0.2, 0) is 4.84 Å². The highest BCUT2D eigenvalue weighted by Gasteiger charge is 2.12. The predicted octanol–water partition coefficient (Wildman–Crippen LogP) is 4.22. The van der Waals surface area contributed by atoms with Crippen molar-refractivity contribution < 1.29 is 14.0 Å². The Bertz CT molecular complexity index is 912. The number of carbonyl (C=O) groups excluding carboxylic acids is 1. The van der Waals surface area contributed by atoms with Gasteiger partial charge < -0.3 is 4.84 Å². The Labute approximate surface area is 136 Å². The second-order valence-electron chi connectivity index (χ2n) is 4.65. The first-order chi connectivity index (χ1) is 11.1. The average molecular weight is 329 g/mol. The van der Waals surface area contributed by atoms with Gasteiger partial charge in [0.2, 0.25) is 0 Å². The van der Waals surface area contributed by atoms with Gasteiger partial charge in [-0.1, -0.05) is 47.1 Å². The van der Waals surface area contributed by atoms with Crippen molar-refractivity contribution in [2.24, 2.45) is 5.16 Å². The van der Waals surface area contributed by atoms with Crippen LogP contribution in [0.25, 0.3) is 10.9 Å². The standard InChI is InChI=1S/C17H10ClFN2O2/c18-16-12(9-11-5-1-4-8-15(11)21-16)10-20-23-17(22)13-6-2-3-7-14(13)19/h1-10H/b20-10+. The molecule has 0 amide bonds. The zero-order chi connectivity index (χ0) is 16.2. The largest absolute Gasteiger partial charge is 0.368 e. The van der Waals surface area contributed by atoms with E-state index in [0.717, 1.165) is 10.9 Å². The Morgan fingerprint density at radius 2 is 1.91 bits per heavy atom. The third-order valence-corrected chi connectivity index (χ3v) is 3.43. The first-order valence-electron chi connectivity index (χ1n) is 6.69. The van der Waals surface area contributed by atoms with Crippen LogP contribution in [-0.4, -0.2) is 17.2 Å². The molecule has 4 nitrogen and oxygen atoms in total. The van der Waals surface area contributed by atoms with Crippen LogP contribution in [0.15, 0.2) is 59.8 Å². The topological polar surface area (TPSA) is 51.5 Å². The number of pyridine rings is 1. The molecule has 0 aliphatic carbocycles. The molecular formula is C17H10ClFN2O2. The van der Waals surface area contributed by atoms with Gasteiger partial charge >= 0.3 is 5.97 Å². The SMILES string of the molecule is O=C(O/N=C/c1cc2ccccc2nc1Cl)c1ccccc1F. The minimum Gasteiger partial charge on any atom is -0.313 e. The van der Waals surface area contributed by atoms with Crippen LogP contribution in [0.4, 0.5) is 4.39 Å². The summed E-state index contributed by atoms with van der Waals surface area (Å²) in [5.41, 5.74) is 1.05. The molecule has 0 spiro atoms. The van der Waals surface area contributed by atoms with E-state index in [-0.39, 0.29) is 10.7 Å². The number of para-hydroxylation sites is 1. The van der Waals surface area contributed by atoms with E-state index in [2.05, 4.69) is 15.0 Å². The number of aromatic nitrogens is 1. The van der Waals surface area contributed by atoms with Gasteiger partial charge in [-0.15, -0.1) is 0 Å². The molecule has 0 N–H and O–H groups in total. The van der Waals surface area contributed by atoms with Crippen molar-refractivity contribution in [3.05, 3.63) is 76.7 Å². The van der Waals surface area contributed by atoms with Gasteiger partial charge in [0, 0.05) is 10.9 Å². The van der Waals surface area contributed by atoms with Crippen molar-refractivity contribution in [1.82, 2.24) is 4.98 Å². The number of nitrogens with zero attached hydrogens (tertiary/aromatic N) is 2. The van der Waals surface area contributed by atoms with E-state index < -0.39 is 11.8 Å². The van der Waals surface area contributed by atoms with E-state index in [1.807, 2.05) is 24.3 Å². The smallest absolute Gasteiger partial charge is 0.313 e. The summed E-state index contributed by atoms with van der Waals surface area (Å²) in [6, 6.07) is 14.7. The van der Waals surface area contributed by atoms with Crippen molar-refractivity contribution in [3.63, 3.8) is 0 Å². The van der Waals surface area contributed by atoms with Gasteiger partial charge in [-0.2, -0.15) is 0 Å². The fourth-order valence-corrected chi connectivity index (χ4v) is 2.20. The minimum atomic E-state index is -0.885. The van der Waals surface area contributed by atoms with E-state index in [0.29, 0.717) is 5.56 Å². The lowest BCUT2D eigenvalue weighted by molar-refractivity contribution is 0.0514. The Kier molecular flexibility index (Phi) is 4.30. The number of carbonyl (C=O) groups is 1. The van der Waals surface area contributed by atoms with E-state index in [1.54, 1.807) is 6.07 Å². The molecular weight excluding hydrogens is 319 g/mol. The van der Waals surface area contributed by atoms with Crippen LogP contribution in [0.5, 0.6) is 0 Å². The molecule has 0 radical (unpaired) electrons. The Balaban J connectivity index is 1.79. The van der Waals surface area contributed by atoms with Crippen molar-refractivity contribution in [1.29, 1.82) is 0 Å². The lowest BCUT2D eigenvalue weighted by Crippen LogP contribution is -2.04. The van der Waals surface area contributed by atoms with Gasteiger partial charge in [-0.3, -0.25) is 0 Å². The van der Waals surface area contributed by atoms with E-state index in [9.17, 15) is 9.18 Å². The van der Waals surface area contributed by atoms with Crippen LogP contribution in [0, 0.1) is 5.82 Å². The van der Waals surface area contributed by atoms with Crippen LogP contribution < -0.4 is 0 Å². The summed E-state index contributed by atoms with van der Waals surface area (Å²) in [4.78, 5) is 20.6. The normalized spacial score (nSPS) is 11.0. The van der Waals surface area contributed by atoms with Gasteiger partial charge in [-0.25, -0.2) is 14.2 Å². The van der Waals surface area contributed by atoms with Crippen LogP contribution >= 0.6 is 11.6 Å². The molecule has 0 saturated heterocycles. The van der Waals surface area contributed by atoms with Crippen LogP contribution in [0.3, 0.4) is 0 Å². The Hall–Kier alpha value is -2.79. The zero-order valence-corrected chi connectivity index (χ0v) is 12.5. The second-order valence-corrected chi connectivity index (χ2v) is 5.01. The summed E-state index contributed by atoms with van der Waals surface area (Å²) in [5.74, 6) is -1.55.